The fraction of sp³-hybridized carbons (Fsp3) is 0.100. The summed E-state index contributed by atoms with van der Waals surface area (Å²) in [5.74, 6) is 0.110. The van der Waals surface area contributed by atoms with E-state index in [4.69, 9.17) is 0 Å². The molecule has 0 saturated carbocycles. The Bertz CT molecular complexity index is 780. The number of pyridine rings is 1. The maximum Gasteiger partial charge on any atom is 0.227 e. The minimum atomic E-state index is 0.110. The van der Waals surface area contributed by atoms with Crippen LogP contribution >= 0.6 is 15.9 Å². The smallest absolute Gasteiger partial charge is 0.227 e. The Morgan fingerprint density at radius 1 is 0.826 bits per heavy atom. The number of hydrogen-bond donors (Lipinski definition) is 0. The zero-order valence-electron chi connectivity index (χ0n) is 12.7. The molecule has 3 heteroatoms. The van der Waals surface area contributed by atoms with Gasteiger partial charge in [-0.3, -0.25) is 4.79 Å². The van der Waals surface area contributed by atoms with Crippen molar-refractivity contribution >= 4 is 21.7 Å². The summed E-state index contributed by atoms with van der Waals surface area (Å²) in [5, 5.41) is 0. The Hall–Kier alpha value is -2.26. The van der Waals surface area contributed by atoms with Crippen molar-refractivity contribution in [3.05, 3.63) is 100 Å². The molecular formula is C20H17BrNO+. The molecule has 0 spiro atoms. The lowest BCUT2D eigenvalue weighted by Crippen LogP contribution is -2.37. The van der Waals surface area contributed by atoms with Gasteiger partial charge in [-0.2, -0.15) is 4.57 Å². The van der Waals surface area contributed by atoms with E-state index in [-0.39, 0.29) is 5.78 Å². The lowest BCUT2D eigenvalue weighted by atomic mass is 10.1. The van der Waals surface area contributed by atoms with Crippen LogP contribution in [0.4, 0.5) is 0 Å². The number of nitrogens with zero attached hydrogens (tertiary/aromatic N) is 1. The minimum absolute atomic E-state index is 0.110. The standard InChI is InChI=1S/C20H17BrNO/c21-19-8-6-18(7-9-19)20(23)15-22-12-10-17(11-13-22)14-16-4-2-1-3-5-16/h1-13H,14-15H2/q+1. The van der Waals surface area contributed by atoms with Gasteiger partial charge in [-0.05, 0) is 29.7 Å². The molecule has 0 bridgehead atoms. The first-order chi connectivity index (χ1) is 11.2. The average molecular weight is 367 g/mol. The summed E-state index contributed by atoms with van der Waals surface area (Å²) < 4.78 is 2.89. The lowest BCUT2D eigenvalue weighted by molar-refractivity contribution is -0.683. The molecule has 1 aromatic heterocycles. The van der Waals surface area contributed by atoms with Gasteiger partial charge in [0, 0.05) is 22.2 Å². The third-order valence-corrected chi connectivity index (χ3v) is 4.23. The van der Waals surface area contributed by atoms with Crippen LogP contribution in [0.2, 0.25) is 0 Å². The predicted molar refractivity (Wildman–Crippen MR) is 94.4 cm³/mol. The molecule has 0 saturated heterocycles. The quantitative estimate of drug-likeness (QED) is 0.489. The predicted octanol–water partition coefficient (Wildman–Crippen LogP) is 4.21. The number of Topliss-reactive ketones (excluding diaryl/α,β-unsaturated/α-hetero) is 1. The highest BCUT2D eigenvalue weighted by atomic mass is 79.9. The van der Waals surface area contributed by atoms with Crippen molar-refractivity contribution in [3.63, 3.8) is 0 Å². The Morgan fingerprint density at radius 2 is 1.43 bits per heavy atom. The van der Waals surface area contributed by atoms with E-state index in [1.54, 1.807) is 0 Å². The van der Waals surface area contributed by atoms with E-state index in [9.17, 15) is 4.79 Å². The maximum atomic E-state index is 12.3. The highest BCUT2D eigenvalue weighted by molar-refractivity contribution is 9.10. The molecule has 0 radical (unpaired) electrons. The lowest BCUT2D eigenvalue weighted by Gasteiger charge is -2.02. The summed E-state index contributed by atoms with van der Waals surface area (Å²) in [5.41, 5.74) is 3.26. The van der Waals surface area contributed by atoms with Crippen molar-refractivity contribution in [1.82, 2.24) is 0 Å². The number of rotatable bonds is 5. The molecule has 114 valence electrons. The van der Waals surface area contributed by atoms with Crippen LogP contribution in [0, 0.1) is 0 Å². The zero-order valence-corrected chi connectivity index (χ0v) is 14.2. The normalized spacial score (nSPS) is 10.5. The van der Waals surface area contributed by atoms with Crippen LogP contribution in [0.1, 0.15) is 21.5 Å². The van der Waals surface area contributed by atoms with Crippen molar-refractivity contribution in [2.24, 2.45) is 0 Å². The summed E-state index contributed by atoms with van der Waals surface area (Å²) in [6.45, 7) is 0.354. The second kappa shape index (κ2) is 7.34. The van der Waals surface area contributed by atoms with E-state index in [0.29, 0.717) is 6.54 Å². The maximum absolute atomic E-state index is 12.3. The van der Waals surface area contributed by atoms with E-state index < -0.39 is 0 Å². The fourth-order valence-electron chi connectivity index (χ4n) is 2.44. The van der Waals surface area contributed by atoms with Crippen LogP contribution in [0.5, 0.6) is 0 Å². The SMILES string of the molecule is O=C(C[n+]1ccc(Cc2ccccc2)cc1)c1ccc(Br)cc1. The molecule has 0 aliphatic rings. The van der Waals surface area contributed by atoms with Gasteiger partial charge in [0.05, 0.1) is 0 Å². The molecule has 0 N–H and O–H groups in total. The molecule has 3 rings (SSSR count). The molecule has 3 aromatic rings. The molecule has 0 aliphatic heterocycles. The second-order valence-electron chi connectivity index (χ2n) is 5.47. The van der Waals surface area contributed by atoms with Crippen LogP contribution in [0.3, 0.4) is 0 Å². The van der Waals surface area contributed by atoms with Gasteiger partial charge in [0.1, 0.15) is 0 Å². The van der Waals surface area contributed by atoms with E-state index in [1.807, 2.05) is 47.3 Å². The van der Waals surface area contributed by atoms with Gasteiger partial charge < -0.3 is 0 Å². The molecule has 23 heavy (non-hydrogen) atoms. The highest BCUT2D eigenvalue weighted by Gasteiger charge is 2.11. The summed E-state index contributed by atoms with van der Waals surface area (Å²) in [6, 6.07) is 22.0. The number of carbonyl (C=O) groups excluding carboxylic acids is 1. The van der Waals surface area contributed by atoms with Crippen molar-refractivity contribution in [1.29, 1.82) is 0 Å². The molecule has 2 aromatic carbocycles. The van der Waals surface area contributed by atoms with E-state index in [1.165, 1.54) is 11.1 Å². The number of benzene rings is 2. The zero-order chi connectivity index (χ0) is 16.1. The third kappa shape index (κ3) is 4.36. The molecule has 1 heterocycles. The number of carbonyl (C=O) groups is 1. The van der Waals surface area contributed by atoms with Crippen molar-refractivity contribution in [3.8, 4) is 0 Å². The molecule has 0 aliphatic carbocycles. The van der Waals surface area contributed by atoms with Crippen molar-refractivity contribution < 1.29 is 9.36 Å². The van der Waals surface area contributed by atoms with Gasteiger partial charge in [0.25, 0.3) is 0 Å². The molecular weight excluding hydrogens is 350 g/mol. The van der Waals surface area contributed by atoms with Crippen LogP contribution in [-0.4, -0.2) is 5.78 Å². The number of aromatic nitrogens is 1. The third-order valence-electron chi connectivity index (χ3n) is 3.70. The summed E-state index contributed by atoms with van der Waals surface area (Å²) in [6.07, 6.45) is 4.84. The number of ketones is 1. The minimum Gasteiger partial charge on any atom is -0.287 e. The Balaban J connectivity index is 1.65. The van der Waals surface area contributed by atoms with Crippen molar-refractivity contribution in [2.45, 2.75) is 13.0 Å². The molecule has 2 nitrogen and oxygen atoms in total. The monoisotopic (exact) mass is 366 g/mol. The summed E-state index contributed by atoms with van der Waals surface area (Å²) in [7, 11) is 0. The van der Waals surface area contributed by atoms with Crippen LogP contribution < -0.4 is 4.57 Å². The first-order valence-corrected chi connectivity index (χ1v) is 8.31. The topological polar surface area (TPSA) is 20.9 Å². The van der Waals surface area contributed by atoms with Gasteiger partial charge in [0.2, 0.25) is 12.3 Å². The van der Waals surface area contributed by atoms with E-state index in [2.05, 4.69) is 52.3 Å². The van der Waals surface area contributed by atoms with Crippen LogP contribution in [0.15, 0.2) is 83.6 Å². The highest BCUT2D eigenvalue weighted by Crippen LogP contribution is 2.11. The van der Waals surface area contributed by atoms with Gasteiger partial charge >= 0.3 is 0 Å². The molecule has 0 atom stereocenters. The Morgan fingerprint density at radius 3 is 2.09 bits per heavy atom. The van der Waals surface area contributed by atoms with E-state index in [0.717, 1.165) is 16.5 Å². The van der Waals surface area contributed by atoms with Gasteiger partial charge in [-0.1, -0.05) is 58.4 Å². The summed E-state index contributed by atoms with van der Waals surface area (Å²) >= 11 is 3.38. The second-order valence-corrected chi connectivity index (χ2v) is 6.39. The molecule has 0 unspecified atom stereocenters. The average Bonchev–Trinajstić information content (AvgIpc) is 2.58. The number of halogens is 1. The fourth-order valence-corrected chi connectivity index (χ4v) is 2.70. The summed E-state index contributed by atoms with van der Waals surface area (Å²) in [4.78, 5) is 12.3. The van der Waals surface area contributed by atoms with Crippen LogP contribution in [-0.2, 0) is 13.0 Å². The number of hydrogen-bond acceptors (Lipinski definition) is 1. The first kappa shape index (κ1) is 15.6. The van der Waals surface area contributed by atoms with E-state index >= 15 is 0 Å². The van der Waals surface area contributed by atoms with Crippen molar-refractivity contribution in [2.75, 3.05) is 0 Å². The molecule has 0 amide bonds. The van der Waals surface area contributed by atoms with Crippen LogP contribution in [0.25, 0.3) is 0 Å². The van der Waals surface area contributed by atoms with Gasteiger partial charge in [0.15, 0.2) is 12.4 Å². The Labute approximate surface area is 144 Å². The molecule has 0 fully saturated rings. The van der Waals surface area contributed by atoms with Gasteiger partial charge in [-0.25, -0.2) is 0 Å². The first-order valence-electron chi connectivity index (χ1n) is 7.51. The Kier molecular flexibility index (Phi) is 4.99. The largest absolute Gasteiger partial charge is 0.287 e. The van der Waals surface area contributed by atoms with Gasteiger partial charge in [-0.15, -0.1) is 0 Å².